The molecule has 0 heterocycles. The zero-order valence-electron chi connectivity index (χ0n) is 8.92. The van der Waals surface area contributed by atoms with Crippen molar-refractivity contribution in [2.75, 3.05) is 6.54 Å². The van der Waals surface area contributed by atoms with Gasteiger partial charge in [0.05, 0.1) is 11.1 Å². The fourth-order valence-electron chi connectivity index (χ4n) is 1.66. The van der Waals surface area contributed by atoms with Crippen molar-refractivity contribution in [2.45, 2.75) is 25.5 Å². The summed E-state index contributed by atoms with van der Waals surface area (Å²) in [4.78, 5) is 0. The topological polar surface area (TPSA) is 32.3 Å². The van der Waals surface area contributed by atoms with Gasteiger partial charge in [0, 0.05) is 17.6 Å². The van der Waals surface area contributed by atoms with E-state index in [0.29, 0.717) is 12.5 Å². The molecule has 1 saturated carbocycles. The van der Waals surface area contributed by atoms with Gasteiger partial charge >= 0.3 is 0 Å². The van der Waals surface area contributed by atoms with Gasteiger partial charge in [0.1, 0.15) is 0 Å². The molecule has 2 rings (SSSR count). The van der Waals surface area contributed by atoms with Crippen LogP contribution in [0.3, 0.4) is 0 Å². The lowest BCUT2D eigenvalue weighted by Gasteiger charge is -2.10. The monoisotopic (exact) mass is 303 g/mol. The molecule has 0 aromatic heterocycles. The minimum absolute atomic E-state index is 0.189. The Kier molecular flexibility index (Phi) is 4.25. The van der Waals surface area contributed by atoms with E-state index < -0.39 is 0 Å². The Morgan fingerprint density at radius 3 is 2.88 bits per heavy atom. The molecule has 2 N–H and O–H groups in total. The van der Waals surface area contributed by atoms with Crippen molar-refractivity contribution < 1.29 is 5.11 Å². The fraction of sp³-hybridized carbons (Fsp3) is 0.500. The smallest absolute Gasteiger partial charge is 0.0692 e. The molecule has 0 amide bonds. The molecule has 4 heteroatoms. The van der Waals surface area contributed by atoms with Crippen molar-refractivity contribution in [3.8, 4) is 0 Å². The summed E-state index contributed by atoms with van der Waals surface area (Å²) in [5.41, 5.74) is 1.14. The molecule has 16 heavy (non-hydrogen) atoms. The summed E-state index contributed by atoms with van der Waals surface area (Å²) in [6.07, 6.45) is 2.16. The summed E-state index contributed by atoms with van der Waals surface area (Å²) in [7, 11) is 0. The predicted molar refractivity (Wildman–Crippen MR) is 69.6 cm³/mol. The largest absolute Gasteiger partial charge is 0.392 e. The molecule has 88 valence electrons. The summed E-state index contributed by atoms with van der Waals surface area (Å²) in [6, 6.07) is 5.89. The first kappa shape index (κ1) is 12.4. The number of benzene rings is 1. The first-order valence-corrected chi connectivity index (χ1v) is 6.66. The van der Waals surface area contributed by atoms with Gasteiger partial charge in [-0.25, -0.2) is 0 Å². The third kappa shape index (κ3) is 3.45. The van der Waals surface area contributed by atoms with Crippen LogP contribution in [0.2, 0.25) is 5.02 Å². The van der Waals surface area contributed by atoms with Crippen LogP contribution in [0.1, 0.15) is 18.4 Å². The summed E-state index contributed by atoms with van der Waals surface area (Å²) in [6.45, 7) is 1.41. The third-order valence-corrected chi connectivity index (χ3v) is 4.07. The summed E-state index contributed by atoms with van der Waals surface area (Å²) < 4.78 is 0.913. The van der Waals surface area contributed by atoms with E-state index in [0.717, 1.165) is 21.6 Å². The summed E-state index contributed by atoms with van der Waals surface area (Å²) >= 11 is 9.35. The van der Waals surface area contributed by atoms with Gasteiger partial charge in [0.2, 0.25) is 0 Å². The van der Waals surface area contributed by atoms with Crippen molar-refractivity contribution in [2.24, 2.45) is 5.92 Å². The van der Waals surface area contributed by atoms with Gasteiger partial charge in [0.25, 0.3) is 0 Å². The van der Waals surface area contributed by atoms with Crippen LogP contribution in [0.15, 0.2) is 22.7 Å². The molecule has 1 aromatic carbocycles. The second kappa shape index (κ2) is 5.50. The molecule has 1 aliphatic rings. The molecule has 1 fully saturated rings. The number of hydrogen-bond donors (Lipinski definition) is 2. The minimum Gasteiger partial charge on any atom is -0.392 e. The molecule has 0 aliphatic heterocycles. The quantitative estimate of drug-likeness (QED) is 0.876. The van der Waals surface area contributed by atoms with E-state index in [1.807, 2.05) is 18.2 Å². The van der Waals surface area contributed by atoms with Crippen LogP contribution in [0.4, 0.5) is 0 Å². The Hall–Kier alpha value is -0.0900. The number of rotatable bonds is 5. The van der Waals surface area contributed by atoms with Gasteiger partial charge in [-0.05, 0) is 52.4 Å². The van der Waals surface area contributed by atoms with Crippen LogP contribution < -0.4 is 5.32 Å². The lowest BCUT2D eigenvalue weighted by Crippen LogP contribution is -2.27. The highest BCUT2D eigenvalue weighted by atomic mass is 79.9. The second-order valence-corrected chi connectivity index (χ2v) is 5.55. The molecule has 0 saturated heterocycles. The van der Waals surface area contributed by atoms with Crippen molar-refractivity contribution >= 4 is 27.5 Å². The molecule has 1 aromatic rings. The Bertz CT molecular complexity index is 368. The standard InChI is InChI=1S/C12H15BrClNO/c13-10-4-1-8(5-11(10)14)6-15-7-12(16)9-2-3-9/h1,4-5,9,12,15-16H,2-3,6-7H2. The highest BCUT2D eigenvalue weighted by molar-refractivity contribution is 9.10. The molecule has 0 bridgehead atoms. The van der Waals surface area contributed by atoms with E-state index in [-0.39, 0.29) is 6.10 Å². The van der Waals surface area contributed by atoms with E-state index in [2.05, 4.69) is 21.2 Å². The third-order valence-electron chi connectivity index (χ3n) is 2.83. The van der Waals surface area contributed by atoms with Crippen molar-refractivity contribution in [1.29, 1.82) is 0 Å². The maximum Gasteiger partial charge on any atom is 0.0692 e. The van der Waals surface area contributed by atoms with Gasteiger partial charge < -0.3 is 10.4 Å². The van der Waals surface area contributed by atoms with E-state index >= 15 is 0 Å². The molecule has 2 nitrogen and oxygen atoms in total. The molecule has 1 aliphatic carbocycles. The number of nitrogens with one attached hydrogen (secondary N) is 1. The first-order valence-electron chi connectivity index (χ1n) is 5.49. The van der Waals surface area contributed by atoms with Gasteiger partial charge in [-0.1, -0.05) is 17.7 Å². The molecule has 0 radical (unpaired) electrons. The fourth-order valence-corrected chi connectivity index (χ4v) is 2.11. The predicted octanol–water partition coefficient (Wildman–Crippen LogP) is 2.96. The molecular formula is C12H15BrClNO. The second-order valence-electron chi connectivity index (χ2n) is 4.28. The Balaban J connectivity index is 1.78. The van der Waals surface area contributed by atoms with E-state index in [9.17, 15) is 5.11 Å². The number of halogens is 2. The van der Waals surface area contributed by atoms with Gasteiger partial charge in [-0.3, -0.25) is 0 Å². The number of aliphatic hydroxyl groups is 1. The zero-order valence-corrected chi connectivity index (χ0v) is 11.3. The minimum atomic E-state index is -0.189. The summed E-state index contributed by atoms with van der Waals surface area (Å²) in [5.74, 6) is 0.529. The lowest BCUT2D eigenvalue weighted by molar-refractivity contribution is 0.148. The maximum atomic E-state index is 9.67. The van der Waals surface area contributed by atoms with Crippen molar-refractivity contribution in [3.05, 3.63) is 33.3 Å². The Labute approximate surface area is 109 Å². The van der Waals surface area contributed by atoms with Gasteiger partial charge in [0.15, 0.2) is 0 Å². The lowest BCUT2D eigenvalue weighted by atomic mass is 10.2. The number of hydrogen-bond acceptors (Lipinski definition) is 2. The van der Waals surface area contributed by atoms with Gasteiger partial charge in [-0.15, -0.1) is 0 Å². The SMILES string of the molecule is OC(CNCc1ccc(Br)c(Cl)c1)C1CC1. The molecule has 1 unspecified atom stereocenters. The van der Waals surface area contributed by atoms with E-state index in [1.165, 1.54) is 12.8 Å². The average molecular weight is 305 g/mol. The first-order chi connectivity index (χ1) is 7.66. The summed E-state index contributed by atoms with van der Waals surface area (Å²) in [5, 5.41) is 13.6. The maximum absolute atomic E-state index is 9.67. The van der Waals surface area contributed by atoms with Gasteiger partial charge in [-0.2, -0.15) is 0 Å². The van der Waals surface area contributed by atoms with Crippen LogP contribution in [0.25, 0.3) is 0 Å². The molecule has 1 atom stereocenters. The normalized spacial score (nSPS) is 17.4. The van der Waals surface area contributed by atoms with Crippen LogP contribution >= 0.6 is 27.5 Å². The highest BCUT2D eigenvalue weighted by Crippen LogP contribution is 2.32. The van der Waals surface area contributed by atoms with E-state index in [1.54, 1.807) is 0 Å². The molecular weight excluding hydrogens is 289 g/mol. The number of aliphatic hydroxyl groups excluding tert-OH is 1. The average Bonchev–Trinajstić information content (AvgIpc) is 3.07. The van der Waals surface area contributed by atoms with Crippen LogP contribution in [0.5, 0.6) is 0 Å². The Morgan fingerprint density at radius 2 is 2.25 bits per heavy atom. The van der Waals surface area contributed by atoms with Crippen molar-refractivity contribution in [1.82, 2.24) is 5.32 Å². The zero-order chi connectivity index (χ0) is 11.5. The van der Waals surface area contributed by atoms with Crippen molar-refractivity contribution in [3.63, 3.8) is 0 Å². The van der Waals surface area contributed by atoms with E-state index in [4.69, 9.17) is 11.6 Å². The Morgan fingerprint density at radius 1 is 1.50 bits per heavy atom. The van der Waals surface area contributed by atoms with Crippen LogP contribution in [-0.2, 0) is 6.54 Å². The van der Waals surface area contributed by atoms with Crippen LogP contribution in [-0.4, -0.2) is 17.8 Å². The highest BCUT2D eigenvalue weighted by Gasteiger charge is 2.28. The van der Waals surface area contributed by atoms with Crippen LogP contribution in [0, 0.1) is 5.92 Å². The molecule has 0 spiro atoms.